The third kappa shape index (κ3) is 3.89. The molecule has 0 heterocycles. The van der Waals surface area contributed by atoms with Gasteiger partial charge in [-0.15, -0.1) is 0 Å². The minimum Gasteiger partial charge on any atom is -0.288 e. The zero-order valence-electron chi connectivity index (χ0n) is 12.6. The Labute approximate surface area is 133 Å². The third-order valence-electron chi connectivity index (χ3n) is 3.40. The Bertz CT molecular complexity index is 786. The van der Waals surface area contributed by atoms with Crippen molar-refractivity contribution in [2.45, 2.75) is 19.8 Å². The van der Waals surface area contributed by atoms with E-state index < -0.39 is 17.4 Å². The predicted octanol–water partition coefficient (Wildman–Crippen LogP) is 4.71. The summed E-state index contributed by atoms with van der Waals surface area (Å²) in [5.41, 5.74) is 1.08. The van der Waals surface area contributed by atoms with E-state index in [-0.39, 0.29) is 11.1 Å². The van der Waals surface area contributed by atoms with E-state index in [0.717, 1.165) is 30.5 Å². The van der Waals surface area contributed by atoms with E-state index in [1.807, 2.05) is 12.1 Å². The molecular weight excluding hydrogens is 296 g/mol. The van der Waals surface area contributed by atoms with Crippen molar-refractivity contribution in [2.75, 3.05) is 0 Å². The molecule has 2 aromatic rings. The first-order valence-electron chi connectivity index (χ1n) is 7.26. The average Bonchev–Trinajstić information content (AvgIpc) is 2.56. The van der Waals surface area contributed by atoms with Crippen molar-refractivity contribution in [2.24, 2.45) is 0 Å². The molecule has 23 heavy (non-hydrogen) atoms. The maximum absolute atomic E-state index is 13.7. The largest absolute Gasteiger partial charge is 0.288 e. The fraction of sp³-hybridized carbons (Fsp3) is 0.158. The number of ketones is 1. The highest BCUT2D eigenvalue weighted by Gasteiger charge is 2.14. The minimum atomic E-state index is -1.08. The monoisotopic (exact) mass is 311 g/mol. The van der Waals surface area contributed by atoms with Gasteiger partial charge in [0.1, 0.15) is 11.6 Å². The second kappa shape index (κ2) is 7.46. The Morgan fingerprint density at radius 3 is 2.48 bits per heavy atom. The number of halogens is 2. The van der Waals surface area contributed by atoms with Gasteiger partial charge in [0.25, 0.3) is 0 Å². The molecule has 2 rings (SSSR count). The van der Waals surface area contributed by atoms with Crippen molar-refractivity contribution in [1.82, 2.24) is 0 Å². The number of benzene rings is 2. The molecule has 0 radical (unpaired) electrons. The van der Waals surface area contributed by atoms with Crippen molar-refractivity contribution < 1.29 is 13.6 Å². The van der Waals surface area contributed by atoms with Crippen molar-refractivity contribution in [3.05, 3.63) is 76.4 Å². The topological polar surface area (TPSA) is 40.9 Å². The van der Waals surface area contributed by atoms with Gasteiger partial charge in [0.15, 0.2) is 11.6 Å². The van der Waals surface area contributed by atoms with Gasteiger partial charge in [-0.3, -0.25) is 4.79 Å². The third-order valence-corrected chi connectivity index (χ3v) is 3.40. The van der Waals surface area contributed by atoms with Crippen LogP contribution in [0.15, 0.2) is 48.0 Å². The lowest BCUT2D eigenvalue weighted by molar-refractivity contribution is 0.104. The van der Waals surface area contributed by atoms with E-state index in [1.54, 1.807) is 18.2 Å². The highest BCUT2D eigenvalue weighted by Crippen LogP contribution is 2.18. The molecule has 0 fully saturated rings. The number of carbonyl (C=O) groups is 1. The summed E-state index contributed by atoms with van der Waals surface area (Å²) < 4.78 is 26.9. The molecule has 0 spiro atoms. The maximum Gasteiger partial charge on any atom is 0.203 e. The van der Waals surface area contributed by atoms with Crippen LogP contribution in [0.25, 0.3) is 6.08 Å². The molecule has 4 heteroatoms. The van der Waals surface area contributed by atoms with Crippen LogP contribution in [0.5, 0.6) is 0 Å². The van der Waals surface area contributed by atoms with Gasteiger partial charge in [-0.05, 0) is 24.1 Å². The molecule has 0 N–H and O–H groups in total. The van der Waals surface area contributed by atoms with E-state index in [0.29, 0.717) is 5.56 Å². The average molecular weight is 311 g/mol. The standard InChI is InChI=1S/C19H15F2NO/c1-2-4-13-7-9-14(10-8-13)19(23)16(12-22)11-15-5-3-6-17(20)18(15)21/h3,5-11H,2,4H2,1H3/b16-11-. The summed E-state index contributed by atoms with van der Waals surface area (Å²) in [6.45, 7) is 2.06. The Morgan fingerprint density at radius 2 is 1.87 bits per heavy atom. The number of aryl methyl sites for hydroxylation is 1. The first-order valence-corrected chi connectivity index (χ1v) is 7.26. The van der Waals surface area contributed by atoms with Gasteiger partial charge in [-0.25, -0.2) is 8.78 Å². The van der Waals surface area contributed by atoms with Crippen molar-refractivity contribution in [3.63, 3.8) is 0 Å². The molecular formula is C19H15F2NO. The predicted molar refractivity (Wildman–Crippen MR) is 84.7 cm³/mol. The normalized spacial score (nSPS) is 11.1. The number of nitrogens with zero attached hydrogens (tertiary/aromatic N) is 1. The van der Waals surface area contributed by atoms with E-state index in [9.17, 15) is 13.6 Å². The molecule has 0 aliphatic carbocycles. The van der Waals surface area contributed by atoms with E-state index >= 15 is 0 Å². The van der Waals surface area contributed by atoms with Crippen LogP contribution in [0.2, 0.25) is 0 Å². The van der Waals surface area contributed by atoms with Crippen molar-refractivity contribution in [1.29, 1.82) is 5.26 Å². The molecule has 0 amide bonds. The van der Waals surface area contributed by atoms with Crippen LogP contribution in [-0.4, -0.2) is 5.78 Å². The Kier molecular flexibility index (Phi) is 5.37. The molecule has 116 valence electrons. The SMILES string of the molecule is CCCc1ccc(C(=O)/C(C#N)=C\c2cccc(F)c2F)cc1. The number of rotatable bonds is 5. The summed E-state index contributed by atoms with van der Waals surface area (Å²) in [5.74, 6) is -2.61. The summed E-state index contributed by atoms with van der Waals surface area (Å²) in [6.07, 6.45) is 2.97. The zero-order chi connectivity index (χ0) is 16.8. The Hall–Kier alpha value is -2.80. The van der Waals surface area contributed by atoms with Crippen LogP contribution in [-0.2, 0) is 6.42 Å². The lowest BCUT2D eigenvalue weighted by Crippen LogP contribution is -2.02. The van der Waals surface area contributed by atoms with Crippen LogP contribution >= 0.6 is 0 Å². The molecule has 0 aromatic heterocycles. The van der Waals surface area contributed by atoms with Gasteiger partial charge in [0, 0.05) is 11.1 Å². The second-order valence-corrected chi connectivity index (χ2v) is 5.09. The van der Waals surface area contributed by atoms with Crippen LogP contribution < -0.4 is 0 Å². The van der Waals surface area contributed by atoms with E-state index in [2.05, 4.69) is 6.92 Å². The van der Waals surface area contributed by atoms with Gasteiger partial charge in [-0.2, -0.15) is 5.26 Å². The highest BCUT2D eigenvalue weighted by molar-refractivity contribution is 6.14. The molecule has 0 aliphatic heterocycles. The lowest BCUT2D eigenvalue weighted by Gasteiger charge is -2.03. The summed E-state index contributed by atoms with van der Waals surface area (Å²) in [7, 11) is 0. The van der Waals surface area contributed by atoms with E-state index in [1.165, 1.54) is 12.1 Å². The number of hydrogen-bond donors (Lipinski definition) is 0. The van der Waals surface area contributed by atoms with Gasteiger partial charge in [0.05, 0.1) is 0 Å². The number of Topliss-reactive ketones (excluding diaryl/α,β-unsaturated/α-hetero) is 1. The molecule has 2 nitrogen and oxygen atoms in total. The molecule has 2 aromatic carbocycles. The highest BCUT2D eigenvalue weighted by atomic mass is 19.2. The molecule has 0 bridgehead atoms. The zero-order valence-corrected chi connectivity index (χ0v) is 12.6. The summed E-state index contributed by atoms with van der Waals surface area (Å²) in [4.78, 5) is 12.3. The van der Waals surface area contributed by atoms with Gasteiger partial charge in [0.2, 0.25) is 5.78 Å². The van der Waals surface area contributed by atoms with Crippen molar-refractivity contribution in [3.8, 4) is 6.07 Å². The first-order chi connectivity index (χ1) is 11.1. The quantitative estimate of drug-likeness (QED) is 0.456. The van der Waals surface area contributed by atoms with Crippen LogP contribution in [0, 0.1) is 23.0 Å². The number of hydrogen-bond acceptors (Lipinski definition) is 2. The molecule has 0 saturated carbocycles. The summed E-state index contributed by atoms with van der Waals surface area (Å²) >= 11 is 0. The molecule has 0 unspecified atom stereocenters. The van der Waals surface area contributed by atoms with Gasteiger partial charge >= 0.3 is 0 Å². The molecule has 0 aliphatic rings. The summed E-state index contributed by atoms with van der Waals surface area (Å²) in [5, 5.41) is 9.16. The number of nitriles is 1. The Balaban J connectivity index is 2.33. The Morgan fingerprint density at radius 1 is 1.17 bits per heavy atom. The maximum atomic E-state index is 13.7. The first kappa shape index (κ1) is 16.6. The van der Waals surface area contributed by atoms with E-state index in [4.69, 9.17) is 5.26 Å². The van der Waals surface area contributed by atoms with Crippen LogP contribution in [0.1, 0.15) is 34.8 Å². The molecule has 0 atom stereocenters. The molecule has 0 saturated heterocycles. The number of carbonyl (C=O) groups excluding carboxylic acids is 1. The van der Waals surface area contributed by atoms with Crippen molar-refractivity contribution >= 4 is 11.9 Å². The summed E-state index contributed by atoms with van der Waals surface area (Å²) in [6, 6.07) is 12.3. The van der Waals surface area contributed by atoms with Gasteiger partial charge in [-0.1, -0.05) is 49.7 Å². The van der Waals surface area contributed by atoms with Gasteiger partial charge < -0.3 is 0 Å². The smallest absolute Gasteiger partial charge is 0.203 e. The van der Waals surface area contributed by atoms with Crippen LogP contribution in [0.3, 0.4) is 0 Å². The fourth-order valence-corrected chi connectivity index (χ4v) is 2.20. The lowest BCUT2D eigenvalue weighted by atomic mass is 9.99. The minimum absolute atomic E-state index is 0.127. The number of allylic oxidation sites excluding steroid dienone is 1. The fourth-order valence-electron chi connectivity index (χ4n) is 2.20. The second-order valence-electron chi connectivity index (χ2n) is 5.09. The van der Waals surface area contributed by atoms with Crippen LogP contribution in [0.4, 0.5) is 8.78 Å².